The van der Waals surface area contributed by atoms with E-state index in [2.05, 4.69) is 0 Å². The van der Waals surface area contributed by atoms with Gasteiger partial charge in [-0.2, -0.15) is 5.26 Å². The Labute approximate surface area is 116 Å². The van der Waals surface area contributed by atoms with Gasteiger partial charge in [0.15, 0.2) is 0 Å². The van der Waals surface area contributed by atoms with Crippen LogP contribution in [0.15, 0.2) is 42.5 Å². The highest BCUT2D eigenvalue weighted by atomic mass is 16.5. The number of ether oxygens (including phenoxy) is 2. The largest absolute Gasteiger partial charge is 0.497 e. The summed E-state index contributed by atoms with van der Waals surface area (Å²) >= 11 is 0. The van der Waals surface area contributed by atoms with E-state index in [0.29, 0.717) is 28.4 Å². The topological polar surface area (TPSA) is 85.3 Å². The van der Waals surface area contributed by atoms with Crippen LogP contribution in [0.25, 0.3) is 0 Å². The molecule has 0 aliphatic heterocycles. The first kappa shape index (κ1) is 13.4. The SMILES string of the molecule is COc1ccc(C#N)c(Oc2ccc(C(N)=O)cc2)c1. The molecule has 0 heterocycles. The van der Waals surface area contributed by atoms with Crippen LogP contribution in [0.3, 0.4) is 0 Å². The molecular formula is C15H12N2O3. The monoisotopic (exact) mass is 268 g/mol. The Morgan fingerprint density at radius 1 is 1.15 bits per heavy atom. The summed E-state index contributed by atoms with van der Waals surface area (Å²) in [6.07, 6.45) is 0. The molecule has 1 amide bonds. The Morgan fingerprint density at radius 3 is 2.35 bits per heavy atom. The lowest BCUT2D eigenvalue weighted by Crippen LogP contribution is -2.10. The van der Waals surface area contributed by atoms with Crippen LogP contribution in [-0.2, 0) is 0 Å². The van der Waals surface area contributed by atoms with Gasteiger partial charge in [-0.05, 0) is 36.4 Å². The quantitative estimate of drug-likeness (QED) is 0.922. The molecule has 0 aliphatic rings. The van der Waals surface area contributed by atoms with Gasteiger partial charge >= 0.3 is 0 Å². The van der Waals surface area contributed by atoms with Crippen molar-refractivity contribution in [2.45, 2.75) is 0 Å². The van der Waals surface area contributed by atoms with E-state index in [9.17, 15) is 4.79 Å². The third kappa shape index (κ3) is 2.87. The molecule has 5 heteroatoms. The second-order valence-corrected chi connectivity index (χ2v) is 3.96. The fraction of sp³-hybridized carbons (Fsp3) is 0.0667. The van der Waals surface area contributed by atoms with Gasteiger partial charge in [0.05, 0.1) is 12.7 Å². The minimum absolute atomic E-state index is 0.388. The molecule has 0 saturated heterocycles. The third-order valence-corrected chi connectivity index (χ3v) is 2.68. The normalized spacial score (nSPS) is 9.60. The Balaban J connectivity index is 2.29. The molecular weight excluding hydrogens is 256 g/mol. The fourth-order valence-corrected chi connectivity index (χ4v) is 1.62. The summed E-state index contributed by atoms with van der Waals surface area (Å²) in [6.45, 7) is 0. The van der Waals surface area contributed by atoms with Crippen LogP contribution < -0.4 is 15.2 Å². The fourth-order valence-electron chi connectivity index (χ4n) is 1.62. The summed E-state index contributed by atoms with van der Waals surface area (Å²) < 4.78 is 10.7. The number of nitriles is 1. The number of amides is 1. The van der Waals surface area contributed by atoms with E-state index in [1.807, 2.05) is 6.07 Å². The van der Waals surface area contributed by atoms with Crippen molar-refractivity contribution in [3.05, 3.63) is 53.6 Å². The number of methoxy groups -OCH3 is 1. The number of nitrogens with two attached hydrogens (primary N) is 1. The molecule has 0 bridgehead atoms. The summed E-state index contributed by atoms with van der Waals surface area (Å²) in [6, 6.07) is 13.3. The lowest BCUT2D eigenvalue weighted by Gasteiger charge is -2.09. The number of primary amides is 1. The molecule has 2 N–H and O–H groups in total. The number of carbonyl (C=O) groups is 1. The lowest BCUT2D eigenvalue weighted by atomic mass is 10.2. The Morgan fingerprint density at radius 2 is 1.80 bits per heavy atom. The maximum Gasteiger partial charge on any atom is 0.248 e. The zero-order chi connectivity index (χ0) is 14.5. The van der Waals surface area contributed by atoms with Crippen LogP contribution in [0.5, 0.6) is 17.2 Å². The molecule has 0 atom stereocenters. The highest BCUT2D eigenvalue weighted by Gasteiger charge is 2.07. The molecule has 0 aromatic heterocycles. The van der Waals surface area contributed by atoms with Crippen LogP contribution >= 0.6 is 0 Å². The van der Waals surface area contributed by atoms with Crippen LogP contribution in [0.1, 0.15) is 15.9 Å². The first-order valence-electron chi connectivity index (χ1n) is 5.80. The standard InChI is InChI=1S/C15H12N2O3/c1-19-13-7-4-11(9-16)14(8-13)20-12-5-2-10(3-6-12)15(17)18/h2-8H,1H3,(H2,17,18). The molecule has 5 nitrogen and oxygen atoms in total. The van der Waals surface area contributed by atoms with Crippen LogP contribution in [0.2, 0.25) is 0 Å². The number of hydrogen-bond donors (Lipinski definition) is 1. The summed E-state index contributed by atoms with van der Waals surface area (Å²) in [5.74, 6) is 0.974. The van der Waals surface area contributed by atoms with Gasteiger partial charge in [0.1, 0.15) is 23.3 Å². The van der Waals surface area contributed by atoms with Gasteiger partial charge in [-0.25, -0.2) is 0 Å². The average Bonchev–Trinajstić information content (AvgIpc) is 2.47. The molecule has 2 rings (SSSR count). The van der Waals surface area contributed by atoms with Crippen molar-refractivity contribution in [3.63, 3.8) is 0 Å². The van der Waals surface area contributed by atoms with E-state index < -0.39 is 5.91 Å². The summed E-state index contributed by atoms with van der Waals surface area (Å²) in [7, 11) is 1.53. The maximum absolute atomic E-state index is 11.0. The van der Waals surface area contributed by atoms with Crippen LogP contribution in [0, 0.1) is 11.3 Å². The highest BCUT2D eigenvalue weighted by molar-refractivity contribution is 5.92. The van der Waals surface area contributed by atoms with Crippen molar-refractivity contribution in [1.82, 2.24) is 0 Å². The summed E-state index contributed by atoms with van der Waals surface area (Å²) in [5.41, 5.74) is 5.95. The Kier molecular flexibility index (Phi) is 3.87. The smallest absolute Gasteiger partial charge is 0.248 e. The van der Waals surface area contributed by atoms with Crippen LogP contribution in [-0.4, -0.2) is 13.0 Å². The van der Waals surface area contributed by atoms with Gasteiger partial charge in [0.25, 0.3) is 0 Å². The minimum Gasteiger partial charge on any atom is -0.497 e. The van der Waals surface area contributed by atoms with Crippen molar-refractivity contribution in [2.24, 2.45) is 5.73 Å². The molecule has 0 spiro atoms. The van der Waals surface area contributed by atoms with Gasteiger partial charge in [-0.15, -0.1) is 0 Å². The number of hydrogen-bond acceptors (Lipinski definition) is 4. The van der Waals surface area contributed by atoms with Crippen LogP contribution in [0.4, 0.5) is 0 Å². The molecule has 2 aromatic carbocycles. The Hall–Kier alpha value is -3.00. The molecule has 0 unspecified atom stereocenters. The van der Waals surface area contributed by atoms with Gasteiger partial charge < -0.3 is 15.2 Å². The average molecular weight is 268 g/mol. The van der Waals surface area contributed by atoms with E-state index in [1.165, 1.54) is 7.11 Å². The molecule has 0 saturated carbocycles. The lowest BCUT2D eigenvalue weighted by molar-refractivity contribution is 0.100. The number of rotatable bonds is 4. The Bertz CT molecular complexity index is 673. The minimum atomic E-state index is -0.504. The second kappa shape index (κ2) is 5.76. The van der Waals surface area contributed by atoms with E-state index in [4.69, 9.17) is 20.5 Å². The van der Waals surface area contributed by atoms with Gasteiger partial charge in [0.2, 0.25) is 5.91 Å². The third-order valence-electron chi connectivity index (χ3n) is 2.68. The predicted molar refractivity (Wildman–Crippen MR) is 72.7 cm³/mol. The molecule has 0 fully saturated rings. The molecule has 20 heavy (non-hydrogen) atoms. The van der Waals surface area contributed by atoms with Crippen molar-refractivity contribution in [1.29, 1.82) is 5.26 Å². The first-order chi connectivity index (χ1) is 9.63. The molecule has 0 aliphatic carbocycles. The summed E-state index contributed by atoms with van der Waals surface area (Å²) in [5, 5.41) is 9.04. The molecule has 100 valence electrons. The second-order valence-electron chi connectivity index (χ2n) is 3.96. The van der Waals surface area contributed by atoms with Crippen molar-refractivity contribution < 1.29 is 14.3 Å². The van der Waals surface area contributed by atoms with E-state index >= 15 is 0 Å². The van der Waals surface area contributed by atoms with E-state index in [-0.39, 0.29) is 0 Å². The van der Waals surface area contributed by atoms with E-state index in [0.717, 1.165) is 0 Å². The zero-order valence-electron chi connectivity index (χ0n) is 10.8. The summed E-state index contributed by atoms with van der Waals surface area (Å²) in [4.78, 5) is 11.0. The van der Waals surface area contributed by atoms with Crippen molar-refractivity contribution >= 4 is 5.91 Å². The molecule has 0 radical (unpaired) electrons. The maximum atomic E-state index is 11.0. The number of nitrogens with zero attached hydrogens (tertiary/aromatic N) is 1. The van der Waals surface area contributed by atoms with Gasteiger partial charge in [-0.1, -0.05) is 0 Å². The molecule has 2 aromatic rings. The number of carbonyl (C=O) groups excluding carboxylic acids is 1. The zero-order valence-corrected chi connectivity index (χ0v) is 10.8. The number of benzene rings is 2. The van der Waals surface area contributed by atoms with Crippen molar-refractivity contribution in [2.75, 3.05) is 7.11 Å². The highest BCUT2D eigenvalue weighted by Crippen LogP contribution is 2.29. The predicted octanol–water partition coefficient (Wildman–Crippen LogP) is 2.46. The first-order valence-corrected chi connectivity index (χ1v) is 5.80. The van der Waals surface area contributed by atoms with Gasteiger partial charge in [-0.3, -0.25) is 4.79 Å². The van der Waals surface area contributed by atoms with E-state index in [1.54, 1.807) is 42.5 Å². The van der Waals surface area contributed by atoms with Crippen molar-refractivity contribution in [3.8, 4) is 23.3 Å². The van der Waals surface area contributed by atoms with Gasteiger partial charge in [0, 0.05) is 11.6 Å².